The molecule has 1 aliphatic heterocycles. The van der Waals surface area contributed by atoms with Crippen LogP contribution < -0.4 is 10.6 Å². The van der Waals surface area contributed by atoms with Crippen molar-refractivity contribution in [1.29, 1.82) is 0 Å². The average molecular weight is 234 g/mol. The molecule has 0 aromatic carbocycles. The summed E-state index contributed by atoms with van der Waals surface area (Å²) in [6.07, 6.45) is 6.86. The first kappa shape index (κ1) is 12.3. The Labute approximate surface area is 103 Å². The molecule has 1 unspecified atom stereocenters. The van der Waals surface area contributed by atoms with E-state index in [-0.39, 0.29) is 0 Å². The molecule has 1 atom stereocenters. The summed E-state index contributed by atoms with van der Waals surface area (Å²) < 4.78 is 0. The van der Waals surface area contributed by atoms with Gasteiger partial charge in [-0.1, -0.05) is 13.3 Å². The van der Waals surface area contributed by atoms with Crippen LogP contribution >= 0.6 is 0 Å². The number of hydrogen-bond acceptors (Lipinski definition) is 4. The van der Waals surface area contributed by atoms with Gasteiger partial charge in [0.05, 0.1) is 6.20 Å². The molecular weight excluding hydrogens is 212 g/mol. The van der Waals surface area contributed by atoms with Gasteiger partial charge >= 0.3 is 0 Å². The second-order valence-electron chi connectivity index (χ2n) is 4.78. The number of nitrogens with zero attached hydrogens (tertiary/aromatic N) is 3. The van der Waals surface area contributed by atoms with Gasteiger partial charge in [0.25, 0.3) is 0 Å². The van der Waals surface area contributed by atoms with E-state index in [1.165, 1.54) is 25.7 Å². The van der Waals surface area contributed by atoms with Crippen LogP contribution in [0.2, 0.25) is 0 Å². The van der Waals surface area contributed by atoms with Crippen molar-refractivity contribution in [2.75, 3.05) is 18.0 Å². The zero-order valence-corrected chi connectivity index (χ0v) is 10.6. The predicted molar refractivity (Wildman–Crippen MR) is 69.8 cm³/mol. The van der Waals surface area contributed by atoms with Crippen LogP contribution in [-0.2, 0) is 6.54 Å². The van der Waals surface area contributed by atoms with E-state index in [9.17, 15) is 0 Å². The van der Waals surface area contributed by atoms with Gasteiger partial charge in [-0.3, -0.25) is 0 Å². The molecule has 2 heterocycles. The van der Waals surface area contributed by atoms with Crippen LogP contribution in [0.4, 0.5) is 5.82 Å². The Bertz CT molecular complexity index is 353. The summed E-state index contributed by atoms with van der Waals surface area (Å²) in [7, 11) is 0. The third-order valence-electron chi connectivity index (χ3n) is 3.73. The van der Waals surface area contributed by atoms with E-state index >= 15 is 0 Å². The van der Waals surface area contributed by atoms with Crippen LogP contribution in [-0.4, -0.2) is 23.3 Å². The second-order valence-corrected chi connectivity index (χ2v) is 4.78. The molecule has 0 aliphatic carbocycles. The van der Waals surface area contributed by atoms with Crippen LogP contribution in [0.3, 0.4) is 0 Å². The molecule has 4 heteroatoms. The number of nitrogens with two attached hydrogens (primary N) is 1. The molecule has 1 saturated heterocycles. The Balaban J connectivity index is 2.11. The normalized spacial score (nSPS) is 21.3. The minimum atomic E-state index is 0.540. The van der Waals surface area contributed by atoms with Crippen LogP contribution in [0.15, 0.2) is 12.3 Å². The molecule has 1 aromatic heterocycles. The lowest BCUT2D eigenvalue weighted by Gasteiger charge is -2.23. The van der Waals surface area contributed by atoms with E-state index in [4.69, 9.17) is 5.73 Å². The summed E-state index contributed by atoms with van der Waals surface area (Å²) in [4.78, 5) is 2.35. The Morgan fingerprint density at radius 3 is 3.06 bits per heavy atom. The molecule has 0 bridgehead atoms. The van der Waals surface area contributed by atoms with E-state index < -0.39 is 0 Å². The maximum Gasteiger partial charge on any atom is 0.155 e. The molecule has 2 N–H and O–H groups in total. The summed E-state index contributed by atoms with van der Waals surface area (Å²) >= 11 is 0. The van der Waals surface area contributed by atoms with Gasteiger partial charge < -0.3 is 10.6 Å². The van der Waals surface area contributed by atoms with Crippen molar-refractivity contribution in [2.45, 2.75) is 39.2 Å². The molecule has 0 spiro atoms. The first-order chi connectivity index (χ1) is 8.35. The largest absolute Gasteiger partial charge is 0.355 e. The van der Waals surface area contributed by atoms with Crippen LogP contribution in [0.5, 0.6) is 0 Å². The minimum absolute atomic E-state index is 0.540. The maximum absolute atomic E-state index is 5.76. The zero-order valence-electron chi connectivity index (χ0n) is 10.6. The fourth-order valence-electron chi connectivity index (χ4n) is 2.56. The number of rotatable bonds is 3. The fraction of sp³-hybridized carbons (Fsp3) is 0.692. The van der Waals surface area contributed by atoms with Gasteiger partial charge in [0.2, 0.25) is 0 Å². The highest BCUT2D eigenvalue weighted by Crippen LogP contribution is 2.24. The van der Waals surface area contributed by atoms with Gasteiger partial charge in [-0.15, -0.1) is 5.10 Å². The summed E-state index contributed by atoms with van der Waals surface area (Å²) in [6.45, 7) is 5.00. The smallest absolute Gasteiger partial charge is 0.155 e. The molecule has 2 rings (SSSR count). The predicted octanol–water partition coefficient (Wildman–Crippen LogP) is 1.95. The molecule has 1 aromatic rings. The van der Waals surface area contributed by atoms with E-state index in [1.54, 1.807) is 6.20 Å². The van der Waals surface area contributed by atoms with Gasteiger partial charge in [0, 0.05) is 25.2 Å². The highest BCUT2D eigenvalue weighted by Gasteiger charge is 2.18. The highest BCUT2D eigenvalue weighted by molar-refractivity contribution is 5.45. The highest BCUT2D eigenvalue weighted by atomic mass is 15.3. The molecule has 0 amide bonds. The minimum Gasteiger partial charge on any atom is -0.355 e. The summed E-state index contributed by atoms with van der Waals surface area (Å²) in [5, 5.41) is 8.25. The monoisotopic (exact) mass is 234 g/mol. The lowest BCUT2D eigenvalue weighted by molar-refractivity contribution is 0.459. The Morgan fingerprint density at radius 1 is 1.41 bits per heavy atom. The van der Waals surface area contributed by atoms with E-state index in [0.717, 1.165) is 30.4 Å². The molecule has 1 aliphatic rings. The van der Waals surface area contributed by atoms with Gasteiger partial charge in [0.15, 0.2) is 5.82 Å². The van der Waals surface area contributed by atoms with Crippen LogP contribution in [0.1, 0.15) is 38.2 Å². The van der Waals surface area contributed by atoms with E-state index in [0.29, 0.717) is 6.54 Å². The van der Waals surface area contributed by atoms with Gasteiger partial charge in [0.1, 0.15) is 0 Å². The van der Waals surface area contributed by atoms with Gasteiger partial charge in [-0.2, -0.15) is 5.10 Å². The molecule has 4 nitrogen and oxygen atoms in total. The van der Waals surface area contributed by atoms with Crippen molar-refractivity contribution in [3.05, 3.63) is 17.8 Å². The van der Waals surface area contributed by atoms with Crippen molar-refractivity contribution in [1.82, 2.24) is 10.2 Å². The molecule has 0 radical (unpaired) electrons. The quantitative estimate of drug-likeness (QED) is 0.868. The van der Waals surface area contributed by atoms with Crippen molar-refractivity contribution in [3.63, 3.8) is 0 Å². The van der Waals surface area contributed by atoms with Gasteiger partial charge in [-0.25, -0.2) is 0 Å². The Morgan fingerprint density at radius 2 is 2.29 bits per heavy atom. The summed E-state index contributed by atoms with van der Waals surface area (Å²) in [6, 6.07) is 1.98. The molecule has 1 fully saturated rings. The SMILES string of the molecule is CCC1CCCN(c2nnccc2CN)CC1. The van der Waals surface area contributed by atoms with Gasteiger partial charge in [-0.05, 0) is 31.2 Å². The van der Waals surface area contributed by atoms with E-state index in [1.807, 2.05) is 6.07 Å². The van der Waals surface area contributed by atoms with Crippen LogP contribution in [0.25, 0.3) is 0 Å². The third-order valence-corrected chi connectivity index (χ3v) is 3.73. The molecule has 0 saturated carbocycles. The zero-order chi connectivity index (χ0) is 12.1. The average Bonchev–Trinajstić information content (AvgIpc) is 2.63. The lowest BCUT2D eigenvalue weighted by atomic mass is 9.98. The first-order valence-corrected chi connectivity index (χ1v) is 6.60. The van der Waals surface area contributed by atoms with Crippen molar-refractivity contribution in [3.8, 4) is 0 Å². The summed E-state index contributed by atoms with van der Waals surface area (Å²) in [5.74, 6) is 1.87. The standard InChI is InChI=1S/C13H22N4/c1-2-11-4-3-8-17(9-6-11)13-12(10-14)5-7-15-16-13/h5,7,11H,2-4,6,8-10,14H2,1H3. The Hall–Kier alpha value is -1.16. The Kier molecular flexibility index (Phi) is 4.31. The maximum atomic E-state index is 5.76. The molecule has 17 heavy (non-hydrogen) atoms. The molecule has 94 valence electrons. The fourth-order valence-corrected chi connectivity index (χ4v) is 2.56. The summed E-state index contributed by atoms with van der Waals surface area (Å²) in [5.41, 5.74) is 6.86. The number of hydrogen-bond donors (Lipinski definition) is 1. The van der Waals surface area contributed by atoms with Crippen LogP contribution in [0, 0.1) is 5.92 Å². The third kappa shape index (κ3) is 2.94. The lowest BCUT2D eigenvalue weighted by Crippen LogP contribution is -2.27. The van der Waals surface area contributed by atoms with E-state index in [2.05, 4.69) is 22.0 Å². The molecular formula is C13H22N4. The van der Waals surface area contributed by atoms with Crippen molar-refractivity contribution >= 4 is 5.82 Å². The first-order valence-electron chi connectivity index (χ1n) is 6.60. The van der Waals surface area contributed by atoms with Crippen molar-refractivity contribution in [2.24, 2.45) is 11.7 Å². The van der Waals surface area contributed by atoms with Crippen molar-refractivity contribution < 1.29 is 0 Å². The second kappa shape index (κ2) is 5.96. The topological polar surface area (TPSA) is 55.0 Å². The number of aromatic nitrogens is 2. The number of anilines is 1.